The Hall–Kier alpha value is -2.63. The Morgan fingerprint density at radius 3 is 0.711 bits per heavy atom. The first-order valence-electron chi connectivity index (χ1n) is 37.1. The van der Waals surface area contributed by atoms with Crippen molar-refractivity contribution in [3.8, 4) is 0 Å². The lowest BCUT2D eigenvalue weighted by atomic mass is 10.0. The topological polar surface area (TPSA) is 78.9 Å². The molecule has 0 fully saturated rings. The van der Waals surface area contributed by atoms with E-state index in [1.807, 2.05) is 0 Å². The fraction of sp³-hybridized carbons (Fsp3) is 0.857. The van der Waals surface area contributed by atoms with Crippen LogP contribution in [0.25, 0.3) is 0 Å². The summed E-state index contributed by atoms with van der Waals surface area (Å²) in [5.74, 6) is -0.866. The van der Waals surface area contributed by atoms with E-state index in [-0.39, 0.29) is 31.1 Å². The first-order chi connectivity index (χ1) is 41.0. The average Bonchev–Trinajstić information content (AvgIpc) is 3.49. The molecule has 0 radical (unpaired) electrons. The molecule has 83 heavy (non-hydrogen) atoms. The number of allylic oxidation sites excluding steroid dienone is 8. The van der Waals surface area contributed by atoms with Gasteiger partial charge in [-0.1, -0.05) is 352 Å². The molecule has 1 unspecified atom stereocenters. The number of carbonyl (C=O) groups excluding carboxylic acids is 3. The maximum atomic E-state index is 13.0. The van der Waals surface area contributed by atoms with Crippen molar-refractivity contribution in [1.82, 2.24) is 0 Å². The summed E-state index contributed by atoms with van der Waals surface area (Å²) < 4.78 is 17.0. The van der Waals surface area contributed by atoms with Gasteiger partial charge in [-0.15, -0.1) is 0 Å². The maximum absolute atomic E-state index is 13.0. The molecule has 0 heterocycles. The SMILES string of the molecule is CCCCC/C=C\CCCCCCCC(=O)OCC(COC(=O)CCCCCCCCCCCCCCCCCCCCCCCCCCCCCCCC)OC(=O)CCCCCCCCCC/C=C\C/C=C\C/C=C\CCCCCCC. The molecule has 486 valence electrons. The minimum atomic E-state index is -0.780. The van der Waals surface area contributed by atoms with Crippen molar-refractivity contribution >= 4 is 17.9 Å². The van der Waals surface area contributed by atoms with Crippen molar-refractivity contribution in [3.05, 3.63) is 48.6 Å². The maximum Gasteiger partial charge on any atom is 0.306 e. The van der Waals surface area contributed by atoms with Gasteiger partial charge < -0.3 is 14.2 Å². The van der Waals surface area contributed by atoms with Crippen molar-refractivity contribution in [2.24, 2.45) is 0 Å². The number of carbonyl (C=O) groups is 3. The first-order valence-corrected chi connectivity index (χ1v) is 37.1. The molecule has 0 saturated heterocycles. The molecule has 0 bridgehead atoms. The van der Waals surface area contributed by atoms with E-state index in [0.29, 0.717) is 19.3 Å². The molecule has 0 saturated carbocycles. The summed E-state index contributed by atoms with van der Waals surface area (Å²) in [4.78, 5) is 38.4. The fourth-order valence-corrected chi connectivity index (χ4v) is 11.2. The van der Waals surface area contributed by atoms with E-state index in [9.17, 15) is 14.4 Å². The standard InChI is InChI=1S/C77H142O6/c1-4-7-10-13-16-19-22-25-27-29-31-33-35-36-37-38-39-40-41-43-44-46-48-50-52-55-58-61-64-67-70-76(79)82-73-74(72-81-75(78)69-66-63-60-57-54-24-21-18-15-12-9-6-3)83-77(80)71-68-65-62-59-56-53-51-49-47-45-42-34-32-30-28-26-23-20-17-14-11-8-5-2/h18,21,23,26,30,32,42,45,74H,4-17,19-20,22,24-25,27-29,31,33-41,43-44,46-73H2,1-3H3/b21-18-,26-23-,32-30-,45-42-. The van der Waals surface area contributed by atoms with Gasteiger partial charge in [0, 0.05) is 19.3 Å². The van der Waals surface area contributed by atoms with Gasteiger partial charge in [-0.05, 0) is 83.5 Å². The summed E-state index contributed by atoms with van der Waals surface area (Å²) in [5, 5.41) is 0. The molecular weight excluding hydrogens is 1020 g/mol. The minimum absolute atomic E-state index is 0.0749. The molecule has 0 spiro atoms. The summed E-state index contributed by atoms with van der Waals surface area (Å²) >= 11 is 0. The Kier molecular flexibility index (Phi) is 69.6. The van der Waals surface area contributed by atoms with Crippen LogP contribution in [0.3, 0.4) is 0 Å². The van der Waals surface area contributed by atoms with Crippen LogP contribution in [-0.4, -0.2) is 37.2 Å². The van der Waals surface area contributed by atoms with Crippen LogP contribution >= 0.6 is 0 Å². The van der Waals surface area contributed by atoms with Crippen molar-refractivity contribution in [1.29, 1.82) is 0 Å². The lowest BCUT2D eigenvalue weighted by Crippen LogP contribution is -2.30. The summed E-state index contributed by atoms with van der Waals surface area (Å²) in [6.07, 6.45) is 91.6. The van der Waals surface area contributed by atoms with E-state index >= 15 is 0 Å². The Morgan fingerprint density at radius 1 is 0.241 bits per heavy atom. The third-order valence-electron chi connectivity index (χ3n) is 16.8. The zero-order chi connectivity index (χ0) is 59.9. The molecule has 0 aromatic carbocycles. The molecule has 0 N–H and O–H groups in total. The van der Waals surface area contributed by atoms with Gasteiger partial charge in [0.25, 0.3) is 0 Å². The highest BCUT2D eigenvalue weighted by molar-refractivity contribution is 5.71. The van der Waals surface area contributed by atoms with E-state index in [1.54, 1.807) is 0 Å². The van der Waals surface area contributed by atoms with Crippen molar-refractivity contribution < 1.29 is 28.6 Å². The quantitative estimate of drug-likeness (QED) is 0.0261. The number of ether oxygens (including phenoxy) is 3. The summed E-state index contributed by atoms with van der Waals surface area (Å²) in [5.41, 5.74) is 0. The Balaban J connectivity index is 4.17. The zero-order valence-corrected chi connectivity index (χ0v) is 56.0. The van der Waals surface area contributed by atoms with Gasteiger partial charge in [-0.3, -0.25) is 14.4 Å². The van der Waals surface area contributed by atoms with Gasteiger partial charge in [-0.25, -0.2) is 0 Å². The highest BCUT2D eigenvalue weighted by atomic mass is 16.6. The largest absolute Gasteiger partial charge is 0.462 e. The third-order valence-corrected chi connectivity index (χ3v) is 16.8. The van der Waals surface area contributed by atoms with E-state index in [2.05, 4.69) is 69.4 Å². The Morgan fingerprint density at radius 2 is 0.434 bits per heavy atom. The number of hydrogen-bond donors (Lipinski definition) is 0. The van der Waals surface area contributed by atoms with E-state index in [4.69, 9.17) is 14.2 Å². The normalized spacial score (nSPS) is 12.3. The number of unbranched alkanes of at least 4 members (excludes halogenated alkanes) is 50. The highest BCUT2D eigenvalue weighted by Gasteiger charge is 2.19. The molecule has 0 aliphatic carbocycles. The van der Waals surface area contributed by atoms with E-state index in [0.717, 1.165) is 83.5 Å². The second-order valence-corrected chi connectivity index (χ2v) is 25.2. The predicted octanol–water partition coefficient (Wildman–Crippen LogP) is 25.7. The molecule has 1 atom stereocenters. The van der Waals surface area contributed by atoms with Crippen LogP contribution < -0.4 is 0 Å². The van der Waals surface area contributed by atoms with Crippen molar-refractivity contribution in [3.63, 3.8) is 0 Å². The second kappa shape index (κ2) is 71.8. The molecule has 0 aromatic heterocycles. The third kappa shape index (κ3) is 70.0. The minimum Gasteiger partial charge on any atom is -0.462 e. The van der Waals surface area contributed by atoms with Crippen molar-refractivity contribution in [2.75, 3.05) is 13.2 Å². The number of rotatable bonds is 69. The summed E-state index contributed by atoms with van der Waals surface area (Å²) in [6.45, 7) is 6.66. The van der Waals surface area contributed by atoms with Crippen LogP contribution in [0.4, 0.5) is 0 Å². The molecule has 0 amide bonds. The molecule has 6 heteroatoms. The molecule has 6 nitrogen and oxygen atoms in total. The van der Waals surface area contributed by atoms with Crippen LogP contribution in [-0.2, 0) is 28.6 Å². The summed E-state index contributed by atoms with van der Waals surface area (Å²) in [6, 6.07) is 0. The molecule has 0 aliphatic heterocycles. The van der Waals surface area contributed by atoms with Crippen LogP contribution in [0.1, 0.15) is 406 Å². The average molecular weight is 1160 g/mol. The van der Waals surface area contributed by atoms with Gasteiger partial charge >= 0.3 is 17.9 Å². The van der Waals surface area contributed by atoms with E-state index in [1.165, 1.54) is 283 Å². The first kappa shape index (κ1) is 80.4. The van der Waals surface area contributed by atoms with Gasteiger partial charge in [-0.2, -0.15) is 0 Å². The van der Waals surface area contributed by atoms with Crippen LogP contribution in [0.15, 0.2) is 48.6 Å². The van der Waals surface area contributed by atoms with Gasteiger partial charge in [0.15, 0.2) is 6.10 Å². The smallest absolute Gasteiger partial charge is 0.306 e. The van der Waals surface area contributed by atoms with Crippen molar-refractivity contribution in [2.45, 2.75) is 412 Å². The Labute approximate surface area is 518 Å². The molecule has 0 rings (SSSR count). The predicted molar refractivity (Wildman–Crippen MR) is 362 cm³/mol. The van der Waals surface area contributed by atoms with Gasteiger partial charge in [0.1, 0.15) is 13.2 Å². The van der Waals surface area contributed by atoms with Gasteiger partial charge in [0.2, 0.25) is 0 Å². The second-order valence-electron chi connectivity index (χ2n) is 25.2. The van der Waals surface area contributed by atoms with Crippen LogP contribution in [0.2, 0.25) is 0 Å². The van der Waals surface area contributed by atoms with E-state index < -0.39 is 6.10 Å². The monoisotopic (exact) mass is 1160 g/mol. The highest BCUT2D eigenvalue weighted by Crippen LogP contribution is 2.19. The fourth-order valence-electron chi connectivity index (χ4n) is 11.2. The van der Waals surface area contributed by atoms with Crippen LogP contribution in [0.5, 0.6) is 0 Å². The molecule has 0 aromatic rings. The van der Waals surface area contributed by atoms with Gasteiger partial charge in [0.05, 0.1) is 0 Å². The lowest BCUT2D eigenvalue weighted by molar-refractivity contribution is -0.167. The zero-order valence-electron chi connectivity index (χ0n) is 56.0. The molecule has 0 aliphatic rings. The lowest BCUT2D eigenvalue weighted by Gasteiger charge is -2.18. The molecular formula is C77H142O6. The summed E-state index contributed by atoms with van der Waals surface area (Å²) in [7, 11) is 0. The number of hydrogen-bond acceptors (Lipinski definition) is 6. The Bertz CT molecular complexity index is 1430. The van der Waals surface area contributed by atoms with Crippen LogP contribution in [0, 0.1) is 0 Å². The number of esters is 3.